The maximum Gasteiger partial charge on any atom is 0.324 e. The number of rotatable bonds is 6. The van der Waals surface area contributed by atoms with Crippen LogP contribution < -0.4 is 10.2 Å². The summed E-state index contributed by atoms with van der Waals surface area (Å²) in [6, 6.07) is 16.3. The Balaban J connectivity index is 1.55. The number of nitro groups is 1. The average Bonchev–Trinajstić information content (AvgIpc) is 3.09. The van der Waals surface area contributed by atoms with Crippen molar-refractivity contribution in [2.24, 2.45) is 5.10 Å². The van der Waals surface area contributed by atoms with Gasteiger partial charge in [0, 0.05) is 11.5 Å². The Morgan fingerprint density at radius 1 is 1.20 bits per heavy atom. The van der Waals surface area contributed by atoms with E-state index in [1.165, 1.54) is 12.3 Å². The summed E-state index contributed by atoms with van der Waals surface area (Å²) in [5, 5.41) is 16.3. The molecule has 1 aromatic heterocycles. The Labute approximate surface area is 146 Å². The summed E-state index contributed by atoms with van der Waals surface area (Å²) in [4.78, 5) is 22.5. The Kier molecular flexibility index (Phi) is 5.00. The van der Waals surface area contributed by atoms with Crippen molar-refractivity contribution in [1.29, 1.82) is 0 Å². The molecule has 0 radical (unpaired) electrons. The van der Waals surface area contributed by atoms with Gasteiger partial charge in [-0.15, -0.1) is 0 Å². The number of nitrogens with zero attached hydrogens (tertiary/aromatic N) is 2. The fraction of sp³-hybridized carbons (Fsp3) is 0.0588. The summed E-state index contributed by atoms with van der Waals surface area (Å²) in [6.07, 6.45) is 1.35. The van der Waals surface area contributed by atoms with Crippen LogP contribution >= 0.6 is 11.3 Å². The summed E-state index contributed by atoms with van der Waals surface area (Å²) in [5.41, 5.74) is 2.33. The normalized spacial score (nSPS) is 10.9. The predicted octanol–water partition coefficient (Wildman–Crippen LogP) is 3.34. The van der Waals surface area contributed by atoms with Gasteiger partial charge in [-0.25, -0.2) is 5.43 Å². The number of thiophene rings is 1. The molecule has 0 aliphatic rings. The van der Waals surface area contributed by atoms with E-state index in [0.29, 0.717) is 10.6 Å². The zero-order valence-corrected chi connectivity index (χ0v) is 13.7. The second-order valence-corrected chi connectivity index (χ2v) is 6.09. The first-order valence-electron chi connectivity index (χ1n) is 7.30. The summed E-state index contributed by atoms with van der Waals surface area (Å²) in [6.45, 7) is -0.185. The number of carbonyl (C=O) groups excluding carboxylic acids is 1. The van der Waals surface area contributed by atoms with Crippen molar-refractivity contribution in [3.63, 3.8) is 0 Å². The van der Waals surface area contributed by atoms with Crippen molar-refractivity contribution in [1.82, 2.24) is 5.43 Å². The molecule has 0 atom stereocenters. The lowest BCUT2D eigenvalue weighted by Gasteiger charge is -2.08. The molecule has 3 rings (SSSR count). The molecule has 25 heavy (non-hydrogen) atoms. The third-order valence-electron chi connectivity index (χ3n) is 3.28. The highest BCUT2D eigenvalue weighted by Crippen LogP contribution is 2.25. The molecule has 126 valence electrons. The van der Waals surface area contributed by atoms with Crippen molar-refractivity contribution in [3.8, 4) is 5.75 Å². The van der Waals surface area contributed by atoms with Crippen LogP contribution in [0.5, 0.6) is 5.75 Å². The first kappa shape index (κ1) is 16.6. The van der Waals surface area contributed by atoms with E-state index < -0.39 is 10.8 Å². The molecule has 0 aliphatic carbocycles. The van der Waals surface area contributed by atoms with E-state index in [1.807, 2.05) is 36.4 Å². The Morgan fingerprint density at radius 3 is 2.80 bits per heavy atom. The molecule has 0 aliphatic heterocycles. The standard InChI is InChI=1S/C17H13N3O4S/c21-16(19-18-10-13-8-9-17(25-13)20(22)23)11-24-15-7-3-5-12-4-1-2-6-14(12)15/h1-10H,11H2,(H,19,21)/b18-10+. The summed E-state index contributed by atoms with van der Waals surface area (Å²) in [5.74, 6) is 0.196. The van der Waals surface area contributed by atoms with E-state index in [-0.39, 0.29) is 11.6 Å². The average molecular weight is 355 g/mol. The van der Waals surface area contributed by atoms with Crippen molar-refractivity contribution >= 4 is 39.2 Å². The van der Waals surface area contributed by atoms with E-state index in [1.54, 1.807) is 12.1 Å². The second kappa shape index (κ2) is 7.54. The number of nitrogens with one attached hydrogen (secondary N) is 1. The maximum absolute atomic E-state index is 11.8. The molecule has 3 aromatic rings. The van der Waals surface area contributed by atoms with Crippen molar-refractivity contribution in [2.45, 2.75) is 0 Å². The van der Waals surface area contributed by atoms with Crippen LogP contribution in [0.15, 0.2) is 59.7 Å². The highest BCUT2D eigenvalue weighted by atomic mass is 32.1. The minimum atomic E-state index is -0.474. The SMILES string of the molecule is O=C(COc1cccc2ccccc12)N/N=C/c1ccc([N+](=O)[O-])s1. The van der Waals surface area contributed by atoms with Crippen molar-refractivity contribution < 1.29 is 14.5 Å². The number of amides is 1. The quantitative estimate of drug-likeness (QED) is 0.417. The molecule has 7 nitrogen and oxygen atoms in total. The van der Waals surface area contributed by atoms with Crippen LogP contribution in [0.1, 0.15) is 4.88 Å². The Hall–Kier alpha value is -3.26. The van der Waals surface area contributed by atoms with E-state index in [4.69, 9.17) is 4.74 Å². The number of hydrogen-bond acceptors (Lipinski definition) is 6. The summed E-state index contributed by atoms with van der Waals surface area (Å²) >= 11 is 0.973. The minimum absolute atomic E-state index is 0.0204. The van der Waals surface area contributed by atoms with Gasteiger partial charge in [-0.3, -0.25) is 14.9 Å². The fourth-order valence-electron chi connectivity index (χ4n) is 2.17. The lowest BCUT2D eigenvalue weighted by atomic mass is 10.1. The topological polar surface area (TPSA) is 93.8 Å². The molecule has 0 saturated heterocycles. The van der Waals surface area contributed by atoms with Gasteiger partial charge in [-0.1, -0.05) is 47.7 Å². The molecule has 1 amide bonds. The minimum Gasteiger partial charge on any atom is -0.483 e. The summed E-state index contributed by atoms with van der Waals surface area (Å²) in [7, 11) is 0. The second-order valence-electron chi connectivity index (χ2n) is 4.99. The molecular weight excluding hydrogens is 342 g/mol. The van der Waals surface area contributed by atoms with Gasteiger partial charge in [0.1, 0.15) is 5.75 Å². The Bertz CT molecular complexity index is 946. The molecule has 0 fully saturated rings. The number of fused-ring (bicyclic) bond motifs is 1. The molecule has 0 spiro atoms. The number of ether oxygens (including phenoxy) is 1. The zero-order chi connectivity index (χ0) is 17.6. The van der Waals surface area contributed by atoms with Gasteiger partial charge in [0.2, 0.25) is 0 Å². The van der Waals surface area contributed by atoms with E-state index in [2.05, 4.69) is 10.5 Å². The fourth-order valence-corrected chi connectivity index (χ4v) is 2.87. The van der Waals surface area contributed by atoms with Crippen LogP contribution in [-0.4, -0.2) is 23.7 Å². The highest BCUT2D eigenvalue weighted by Gasteiger charge is 2.08. The van der Waals surface area contributed by atoms with Crippen LogP contribution in [0.4, 0.5) is 5.00 Å². The number of carbonyl (C=O) groups is 1. The Morgan fingerprint density at radius 2 is 2.00 bits per heavy atom. The number of hydrazone groups is 1. The first-order valence-corrected chi connectivity index (χ1v) is 8.12. The molecule has 8 heteroatoms. The van der Waals surface area contributed by atoms with Crippen molar-refractivity contribution in [2.75, 3.05) is 6.61 Å². The lowest BCUT2D eigenvalue weighted by Crippen LogP contribution is -2.24. The monoisotopic (exact) mass is 355 g/mol. The highest BCUT2D eigenvalue weighted by molar-refractivity contribution is 7.16. The van der Waals surface area contributed by atoms with Crippen LogP contribution in [0.3, 0.4) is 0 Å². The van der Waals surface area contributed by atoms with Crippen LogP contribution in [0, 0.1) is 10.1 Å². The summed E-state index contributed by atoms with van der Waals surface area (Å²) < 4.78 is 5.55. The number of hydrogen-bond donors (Lipinski definition) is 1. The predicted molar refractivity (Wildman–Crippen MR) is 96.2 cm³/mol. The molecule has 0 unspecified atom stereocenters. The van der Waals surface area contributed by atoms with E-state index >= 15 is 0 Å². The lowest BCUT2D eigenvalue weighted by molar-refractivity contribution is -0.380. The van der Waals surface area contributed by atoms with Gasteiger partial charge in [-0.05, 0) is 17.5 Å². The van der Waals surface area contributed by atoms with E-state index in [9.17, 15) is 14.9 Å². The largest absolute Gasteiger partial charge is 0.483 e. The third kappa shape index (κ3) is 4.18. The maximum atomic E-state index is 11.8. The van der Waals surface area contributed by atoms with E-state index in [0.717, 1.165) is 22.1 Å². The molecule has 1 N–H and O–H groups in total. The van der Waals surface area contributed by atoms with Crippen LogP contribution in [0.2, 0.25) is 0 Å². The first-order chi connectivity index (χ1) is 12.1. The number of benzene rings is 2. The van der Waals surface area contributed by atoms with Gasteiger partial charge in [0.25, 0.3) is 5.91 Å². The van der Waals surface area contributed by atoms with Gasteiger partial charge in [0.15, 0.2) is 6.61 Å². The van der Waals surface area contributed by atoms with Gasteiger partial charge >= 0.3 is 5.00 Å². The molecular formula is C17H13N3O4S. The van der Waals surface area contributed by atoms with Crippen LogP contribution in [-0.2, 0) is 4.79 Å². The molecule has 2 aromatic carbocycles. The van der Waals surface area contributed by atoms with Gasteiger partial charge < -0.3 is 4.74 Å². The zero-order valence-electron chi connectivity index (χ0n) is 12.9. The smallest absolute Gasteiger partial charge is 0.324 e. The molecule has 0 bridgehead atoms. The molecule has 1 heterocycles. The third-order valence-corrected chi connectivity index (χ3v) is 4.25. The van der Waals surface area contributed by atoms with Crippen LogP contribution in [0.25, 0.3) is 10.8 Å². The van der Waals surface area contributed by atoms with Crippen molar-refractivity contribution in [3.05, 3.63) is 69.6 Å². The van der Waals surface area contributed by atoms with Gasteiger partial charge in [0.05, 0.1) is 16.0 Å². The van der Waals surface area contributed by atoms with Gasteiger partial charge in [-0.2, -0.15) is 5.10 Å². The molecule has 0 saturated carbocycles.